The van der Waals surface area contributed by atoms with Gasteiger partial charge in [0.25, 0.3) is 0 Å². The van der Waals surface area contributed by atoms with Gasteiger partial charge in [0.15, 0.2) is 0 Å². The lowest BCUT2D eigenvalue weighted by atomic mass is 9.97. The molecule has 0 saturated carbocycles. The van der Waals surface area contributed by atoms with E-state index in [4.69, 9.17) is 4.43 Å². The first-order chi connectivity index (χ1) is 10.6. The molecule has 0 aromatic heterocycles. The largest absolute Gasteiger partial charge is 0.405 e. The van der Waals surface area contributed by atoms with Gasteiger partial charge in [0.1, 0.15) is 0 Å². The summed E-state index contributed by atoms with van der Waals surface area (Å²) in [6.45, 7) is 18.9. The standard InChI is InChI=1S/C21H34OSi/c1-9-13-18-19(17-14-11-10-12-15-17)16(2)23(22-18,20(3,4)5)21(6,7)8/h10-12,14-15,18H,9,13H2,1-8H3. The molecule has 2 heteroatoms. The third-order valence-electron chi connectivity index (χ3n) is 5.32. The highest BCUT2D eigenvalue weighted by Gasteiger charge is 2.61. The van der Waals surface area contributed by atoms with Crippen LogP contribution >= 0.6 is 0 Å². The van der Waals surface area contributed by atoms with Crippen molar-refractivity contribution >= 4 is 13.9 Å². The highest BCUT2D eigenvalue weighted by molar-refractivity contribution is 6.87. The van der Waals surface area contributed by atoms with Gasteiger partial charge in [-0.2, -0.15) is 0 Å². The van der Waals surface area contributed by atoms with Crippen LogP contribution in [0.5, 0.6) is 0 Å². The van der Waals surface area contributed by atoms with Crippen molar-refractivity contribution in [2.24, 2.45) is 0 Å². The molecule has 2 rings (SSSR count). The first-order valence-corrected chi connectivity index (χ1v) is 10.9. The molecule has 0 saturated heterocycles. The summed E-state index contributed by atoms with van der Waals surface area (Å²) >= 11 is 0. The Morgan fingerprint density at radius 3 is 1.91 bits per heavy atom. The fourth-order valence-corrected chi connectivity index (χ4v) is 11.6. The predicted molar refractivity (Wildman–Crippen MR) is 104 cm³/mol. The van der Waals surface area contributed by atoms with Gasteiger partial charge in [0.05, 0.1) is 6.10 Å². The smallest absolute Gasteiger partial charge is 0.231 e. The Morgan fingerprint density at radius 1 is 0.957 bits per heavy atom. The average molecular weight is 331 g/mol. The fourth-order valence-electron chi connectivity index (χ4n) is 4.88. The normalized spacial score (nSPS) is 21.8. The minimum absolute atomic E-state index is 0.178. The molecule has 0 radical (unpaired) electrons. The maximum atomic E-state index is 7.06. The molecular formula is C21H34OSi. The quantitative estimate of drug-likeness (QED) is 0.557. The third-order valence-corrected chi connectivity index (χ3v) is 11.5. The molecule has 23 heavy (non-hydrogen) atoms. The number of hydrogen-bond acceptors (Lipinski definition) is 1. The zero-order chi connectivity index (χ0) is 17.5. The van der Waals surface area contributed by atoms with Gasteiger partial charge < -0.3 is 4.43 Å². The Hall–Kier alpha value is -0.863. The van der Waals surface area contributed by atoms with Crippen molar-refractivity contribution < 1.29 is 4.43 Å². The van der Waals surface area contributed by atoms with Gasteiger partial charge in [0, 0.05) is 0 Å². The van der Waals surface area contributed by atoms with Gasteiger partial charge in [-0.15, -0.1) is 0 Å². The van der Waals surface area contributed by atoms with Crippen LogP contribution in [0.2, 0.25) is 10.1 Å². The molecule has 1 nitrogen and oxygen atoms in total. The Kier molecular flexibility index (Phi) is 4.99. The second kappa shape index (κ2) is 6.21. The molecule has 1 heterocycles. The number of rotatable bonds is 3. The highest BCUT2D eigenvalue weighted by Crippen LogP contribution is 2.60. The molecule has 1 aliphatic heterocycles. The molecule has 0 amide bonds. The molecule has 1 aliphatic rings. The zero-order valence-corrected chi connectivity index (χ0v) is 17.3. The summed E-state index contributed by atoms with van der Waals surface area (Å²) in [7, 11) is -2.11. The summed E-state index contributed by atoms with van der Waals surface area (Å²) in [6.07, 6.45) is 2.53. The van der Waals surface area contributed by atoms with E-state index in [0.29, 0.717) is 0 Å². The molecule has 0 fully saturated rings. The minimum Gasteiger partial charge on any atom is -0.405 e. The summed E-state index contributed by atoms with van der Waals surface area (Å²) in [4.78, 5) is 0. The first kappa shape index (κ1) is 18.5. The average Bonchev–Trinajstić information content (AvgIpc) is 2.73. The van der Waals surface area contributed by atoms with Gasteiger partial charge >= 0.3 is 0 Å². The molecular weight excluding hydrogens is 296 g/mol. The molecule has 1 atom stereocenters. The van der Waals surface area contributed by atoms with Gasteiger partial charge in [-0.1, -0.05) is 90.4 Å². The molecule has 0 aliphatic carbocycles. The van der Waals surface area contributed by atoms with E-state index in [9.17, 15) is 0 Å². The Bertz CT molecular complexity index is 558. The number of benzene rings is 1. The van der Waals surface area contributed by atoms with E-state index in [1.54, 1.807) is 5.20 Å². The maximum Gasteiger partial charge on any atom is 0.231 e. The minimum atomic E-state index is -2.11. The van der Waals surface area contributed by atoms with Crippen LogP contribution in [0.4, 0.5) is 0 Å². The summed E-state index contributed by atoms with van der Waals surface area (Å²) in [5.41, 5.74) is 2.83. The van der Waals surface area contributed by atoms with Crippen LogP contribution in [0.25, 0.3) is 5.57 Å². The molecule has 128 valence electrons. The lowest BCUT2D eigenvalue weighted by Crippen LogP contribution is -2.54. The lowest BCUT2D eigenvalue weighted by Gasteiger charge is -2.49. The van der Waals surface area contributed by atoms with Crippen LogP contribution in [-0.2, 0) is 4.43 Å². The van der Waals surface area contributed by atoms with Crippen LogP contribution in [-0.4, -0.2) is 14.4 Å². The fraction of sp³-hybridized carbons (Fsp3) is 0.619. The Balaban J connectivity index is 2.70. The molecule has 0 N–H and O–H groups in total. The maximum absolute atomic E-state index is 7.06. The van der Waals surface area contributed by atoms with E-state index in [1.165, 1.54) is 11.1 Å². The van der Waals surface area contributed by atoms with Crippen molar-refractivity contribution in [3.8, 4) is 0 Å². The van der Waals surface area contributed by atoms with Crippen LogP contribution < -0.4 is 0 Å². The van der Waals surface area contributed by atoms with Crippen molar-refractivity contribution in [1.82, 2.24) is 0 Å². The van der Waals surface area contributed by atoms with Crippen molar-refractivity contribution in [2.75, 3.05) is 0 Å². The van der Waals surface area contributed by atoms with E-state index in [2.05, 4.69) is 85.7 Å². The van der Waals surface area contributed by atoms with E-state index in [1.807, 2.05) is 0 Å². The summed E-state index contributed by atoms with van der Waals surface area (Å²) in [5, 5.41) is 1.91. The monoisotopic (exact) mass is 330 g/mol. The van der Waals surface area contributed by atoms with Crippen LogP contribution in [0.3, 0.4) is 0 Å². The van der Waals surface area contributed by atoms with E-state index < -0.39 is 8.32 Å². The van der Waals surface area contributed by atoms with Gasteiger partial charge in [-0.3, -0.25) is 0 Å². The van der Waals surface area contributed by atoms with Crippen LogP contribution in [0.1, 0.15) is 73.8 Å². The SMILES string of the molecule is CCCC1O[Si](C(C)(C)C)(C(C)(C)C)C(C)=C1c1ccccc1. The molecule has 1 aromatic carbocycles. The molecule has 1 unspecified atom stereocenters. The van der Waals surface area contributed by atoms with Crippen LogP contribution in [0, 0.1) is 0 Å². The molecule has 1 aromatic rings. The van der Waals surface area contributed by atoms with Crippen molar-refractivity contribution in [2.45, 2.75) is 84.4 Å². The van der Waals surface area contributed by atoms with Gasteiger partial charge in [-0.25, -0.2) is 0 Å². The Morgan fingerprint density at radius 2 is 1.48 bits per heavy atom. The third kappa shape index (κ3) is 2.96. The van der Waals surface area contributed by atoms with Crippen molar-refractivity contribution in [3.05, 3.63) is 41.1 Å². The molecule has 0 spiro atoms. The summed E-state index contributed by atoms with van der Waals surface area (Å²) in [5.74, 6) is 0. The van der Waals surface area contributed by atoms with Crippen LogP contribution in [0.15, 0.2) is 35.5 Å². The zero-order valence-electron chi connectivity index (χ0n) is 16.3. The first-order valence-electron chi connectivity index (χ1n) is 9.00. The van der Waals surface area contributed by atoms with Gasteiger partial charge in [-0.05, 0) is 34.6 Å². The lowest BCUT2D eigenvalue weighted by molar-refractivity contribution is 0.217. The summed E-state index contributed by atoms with van der Waals surface area (Å²) in [6, 6.07) is 10.9. The van der Waals surface area contributed by atoms with E-state index in [0.717, 1.165) is 12.8 Å². The van der Waals surface area contributed by atoms with E-state index in [-0.39, 0.29) is 16.2 Å². The predicted octanol–water partition coefficient (Wildman–Crippen LogP) is 6.74. The number of allylic oxidation sites excluding steroid dienone is 1. The second-order valence-corrected chi connectivity index (χ2v) is 14.3. The van der Waals surface area contributed by atoms with Gasteiger partial charge in [0.2, 0.25) is 8.32 Å². The second-order valence-electron chi connectivity index (χ2n) is 8.98. The Labute approximate surface area is 144 Å². The summed E-state index contributed by atoms with van der Waals surface area (Å²) < 4.78 is 7.06. The van der Waals surface area contributed by atoms with Crippen molar-refractivity contribution in [1.29, 1.82) is 0 Å². The highest BCUT2D eigenvalue weighted by atomic mass is 28.4. The number of hydrogen-bond donors (Lipinski definition) is 0. The topological polar surface area (TPSA) is 9.23 Å². The molecule has 0 bridgehead atoms. The van der Waals surface area contributed by atoms with E-state index >= 15 is 0 Å². The van der Waals surface area contributed by atoms with Crippen molar-refractivity contribution in [3.63, 3.8) is 0 Å².